The minimum Gasteiger partial charge on any atom is -0.822 e. The Bertz CT molecular complexity index is 310. The molecule has 0 unspecified atom stereocenters. The van der Waals surface area contributed by atoms with Gasteiger partial charge in [-0.1, -0.05) is 0 Å². The van der Waals surface area contributed by atoms with Crippen molar-refractivity contribution in [3.05, 3.63) is 0 Å². The SMILES string of the molecule is O=P([O-])([O-])[O-].O=P([O-])([O-])[O-].O=P([O-])([O-])[O-].O=P([O-])([O-])[O-].[Na+].[Na+].[Na+].[Na+].[Na+].[Na+].[Na+].[Na+].[Na+].[Na+].[Na+].[Na+]. The molecule has 32 heteroatoms. The summed E-state index contributed by atoms with van der Waals surface area (Å²) in [5.41, 5.74) is 0. The minimum absolute atomic E-state index is 0. The molecule has 0 spiro atoms. The molecule has 0 saturated heterocycles. The average Bonchev–Trinajstić information content (AvgIpc) is 1.62. The van der Waals surface area contributed by atoms with Crippen molar-refractivity contribution < 1.29 is 432 Å². The summed E-state index contributed by atoms with van der Waals surface area (Å²) in [7, 11) is -21.6. The van der Waals surface area contributed by atoms with Crippen molar-refractivity contribution in [3.63, 3.8) is 0 Å². The first-order chi connectivity index (χ1) is 8.00. The quantitative estimate of drug-likeness (QED) is 0.173. The van der Waals surface area contributed by atoms with E-state index in [0.29, 0.717) is 0 Å². The molecule has 0 bridgehead atoms. The molecule has 0 atom stereocenters. The second-order valence-corrected chi connectivity index (χ2v) is 5.37. The molecule has 128 valence electrons. The zero-order valence-electron chi connectivity index (χ0n) is 20.3. The summed E-state index contributed by atoms with van der Waals surface area (Å²) >= 11 is 0. The molecule has 0 aromatic heterocycles. The Morgan fingerprint density at radius 1 is 0.219 bits per heavy atom. The number of rotatable bonds is 0. The van der Waals surface area contributed by atoms with Gasteiger partial charge in [0.05, 0.1) is 0 Å². The van der Waals surface area contributed by atoms with Gasteiger partial charge in [-0.15, -0.1) is 0 Å². The normalized spacial score (nSPS) is 7.38. The first-order valence-corrected chi connectivity index (χ1v) is 8.76. The molecule has 0 heterocycles. The van der Waals surface area contributed by atoms with E-state index in [9.17, 15) is 0 Å². The van der Waals surface area contributed by atoms with Crippen molar-refractivity contribution in [3.8, 4) is 0 Å². The Morgan fingerprint density at radius 2 is 0.219 bits per heavy atom. The first kappa shape index (κ1) is 104. The first-order valence-electron chi connectivity index (χ1n) is 2.92. The maximum Gasteiger partial charge on any atom is 1.00 e. The van der Waals surface area contributed by atoms with E-state index in [0.717, 1.165) is 0 Å². The minimum atomic E-state index is -5.39. The summed E-state index contributed by atoms with van der Waals surface area (Å²) in [6.45, 7) is 0. The van der Waals surface area contributed by atoms with Crippen LogP contribution in [0.5, 0.6) is 0 Å². The standard InChI is InChI=1S/12Na.4H3O4P/c;;;;;;;;;;;;4*1-5(2,3)4/h;;;;;;;;;;;;4*(H3,1,2,3,4)/q12*+1;;;;/p-12. The van der Waals surface area contributed by atoms with Crippen LogP contribution in [0.25, 0.3) is 0 Å². The van der Waals surface area contributed by atoms with Crippen molar-refractivity contribution in [2.24, 2.45) is 0 Å². The van der Waals surface area contributed by atoms with Gasteiger partial charge in [0.2, 0.25) is 0 Å². The van der Waals surface area contributed by atoms with E-state index in [4.69, 9.17) is 77.0 Å². The predicted octanol–water partition coefficient (Wildman–Crippen LogP) is -47.3. The Labute approximate surface area is 450 Å². The van der Waals surface area contributed by atoms with Gasteiger partial charge in [-0.05, 0) is 0 Å². The van der Waals surface area contributed by atoms with E-state index in [2.05, 4.69) is 0 Å². The Kier molecular flexibility index (Phi) is 191. The Morgan fingerprint density at radius 3 is 0.219 bits per heavy atom. The van der Waals surface area contributed by atoms with Crippen LogP contribution in [0.2, 0.25) is 0 Å². The van der Waals surface area contributed by atoms with E-state index in [1.807, 2.05) is 0 Å². The van der Waals surface area contributed by atoms with Gasteiger partial charge >= 0.3 is 355 Å². The zero-order chi connectivity index (χ0) is 18.0. The van der Waals surface area contributed by atoms with Crippen molar-refractivity contribution in [1.29, 1.82) is 0 Å². The van der Waals surface area contributed by atoms with Crippen LogP contribution in [0.4, 0.5) is 0 Å². The summed E-state index contributed by atoms with van der Waals surface area (Å²) in [6.07, 6.45) is 0. The van der Waals surface area contributed by atoms with Crippen LogP contribution in [0.15, 0.2) is 0 Å². The Balaban J connectivity index is -0.00000000677. The summed E-state index contributed by atoms with van der Waals surface area (Å²) in [4.78, 5) is 103. The monoisotopic (exact) mass is 656 g/mol. The van der Waals surface area contributed by atoms with E-state index in [1.165, 1.54) is 0 Å². The third-order valence-electron chi connectivity index (χ3n) is 0. The summed E-state index contributed by atoms with van der Waals surface area (Å²) in [6, 6.07) is 0. The zero-order valence-corrected chi connectivity index (χ0v) is 47.9. The van der Waals surface area contributed by atoms with Gasteiger partial charge in [-0.25, -0.2) is 0 Å². The van der Waals surface area contributed by atoms with Gasteiger partial charge in [0, 0.05) is 0 Å². The molecule has 0 radical (unpaired) electrons. The fourth-order valence-corrected chi connectivity index (χ4v) is 0. The summed E-state index contributed by atoms with van der Waals surface area (Å²) < 4.78 is 34.2. The van der Waals surface area contributed by atoms with Gasteiger partial charge in [0.15, 0.2) is 0 Å². The molecular weight excluding hydrogens is 656 g/mol. The van der Waals surface area contributed by atoms with Gasteiger partial charge in [0.1, 0.15) is 0 Å². The van der Waals surface area contributed by atoms with Gasteiger partial charge in [-0.3, -0.25) is 0 Å². The van der Waals surface area contributed by atoms with Crippen molar-refractivity contribution in [2.75, 3.05) is 0 Å². The van der Waals surface area contributed by atoms with E-state index in [-0.39, 0.29) is 355 Å². The molecule has 0 saturated carbocycles. The van der Waals surface area contributed by atoms with Crippen LogP contribution in [-0.2, 0) is 18.3 Å². The Hall–Kier alpha value is 12.4. The predicted molar refractivity (Wildman–Crippen MR) is 30.4 cm³/mol. The number of phosphoric acid groups is 4. The second-order valence-electron chi connectivity index (χ2n) is 1.79. The molecule has 0 amide bonds. The molecule has 0 aromatic rings. The van der Waals surface area contributed by atoms with Crippen molar-refractivity contribution in [2.45, 2.75) is 0 Å². The third kappa shape index (κ3) is 471. The summed E-state index contributed by atoms with van der Waals surface area (Å²) in [5, 5.41) is 0. The topological polar surface area (TPSA) is 345 Å². The van der Waals surface area contributed by atoms with E-state index in [1.54, 1.807) is 0 Å². The second kappa shape index (κ2) is 58.9. The van der Waals surface area contributed by atoms with Gasteiger partial charge in [-0.2, -0.15) is 31.3 Å². The van der Waals surface area contributed by atoms with Crippen molar-refractivity contribution >= 4 is 31.3 Å². The molecule has 0 rings (SSSR count). The van der Waals surface area contributed by atoms with Crippen molar-refractivity contribution in [1.82, 2.24) is 0 Å². The van der Waals surface area contributed by atoms with Crippen LogP contribution in [0.3, 0.4) is 0 Å². The summed E-state index contributed by atoms with van der Waals surface area (Å²) in [5.74, 6) is 0. The van der Waals surface area contributed by atoms with Crippen LogP contribution in [0, 0.1) is 0 Å². The van der Waals surface area contributed by atoms with Crippen LogP contribution >= 0.6 is 31.3 Å². The largest absolute Gasteiger partial charge is 1.00 e. The molecule has 0 aromatic carbocycles. The number of hydrogen-bond donors (Lipinski definition) is 0. The molecule has 32 heavy (non-hydrogen) atoms. The molecular formula is Na12O16P4. The molecule has 0 fully saturated rings. The fourth-order valence-electron chi connectivity index (χ4n) is 0. The van der Waals surface area contributed by atoms with E-state index < -0.39 is 31.3 Å². The molecule has 0 N–H and O–H groups in total. The van der Waals surface area contributed by atoms with Crippen LogP contribution < -0.4 is 413 Å². The third-order valence-corrected chi connectivity index (χ3v) is 0. The van der Waals surface area contributed by atoms with E-state index >= 15 is 0 Å². The van der Waals surface area contributed by atoms with Crippen LogP contribution in [-0.4, -0.2) is 0 Å². The maximum atomic E-state index is 8.55. The molecule has 16 nitrogen and oxygen atoms in total. The van der Waals surface area contributed by atoms with Gasteiger partial charge < -0.3 is 77.0 Å². The molecule has 0 aliphatic carbocycles. The smallest absolute Gasteiger partial charge is 0.822 e. The average molecular weight is 656 g/mol. The van der Waals surface area contributed by atoms with Gasteiger partial charge in [0.25, 0.3) is 0 Å². The molecule has 0 aliphatic rings. The number of hydrogen-bond acceptors (Lipinski definition) is 16. The van der Waals surface area contributed by atoms with Crippen LogP contribution in [0.1, 0.15) is 0 Å². The fraction of sp³-hybridized carbons (Fsp3) is 0. The molecule has 0 aliphatic heterocycles. The maximum absolute atomic E-state index is 8.55.